The number of nitrogens with zero attached hydrogens (tertiary/aromatic N) is 4. The maximum absolute atomic E-state index is 11.4. The first-order chi connectivity index (χ1) is 7.72. The molecule has 0 bridgehead atoms. The Balaban J connectivity index is 2.89. The zero-order valence-electron chi connectivity index (χ0n) is 9.21. The number of rotatable bonds is 4. The SMILES string of the molecule is CCOC(=O)N(OC)c1ncnc(OC)n1. The highest BCUT2D eigenvalue weighted by Gasteiger charge is 2.20. The average Bonchev–Trinajstić information content (AvgIpc) is 2.31. The number of hydrogen-bond acceptors (Lipinski definition) is 7. The van der Waals surface area contributed by atoms with Crippen molar-refractivity contribution in [2.45, 2.75) is 6.92 Å². The number of amides is 1. The van der Waals surface area contributed by atoms with Crippen LogP contribution in [0.5, 0.6) is 6.01 Å². The fraction of sp³-hybridized carbons (Fsp3) is 0.500. The largest absolute Gasteiger partial charge is 0.467 e. The van der Waals surface area contributed by atoms with Crippen LogP contribution in [0.4, 0.5) is 10.7 Å². The van der Waals surface area contributed by atoms with Gasteiger partial charge in [-0.3, -0.25) is 4.84 Å². The number of aromatic nitrogens is 3. The number of anilines is 1. The van der Waals surface area contributed by atoms with E-state index in [1.807, 2.05) is 0 Å². The van der Waals surface area contributed by atoms with Crippen molar-refractivity contribution >= 4 is 12.0 Å². The summed E-state index contributed by atoms with van der Waals surface area (Å²) in [7, 11) is 2.70. The molecule has 88 valence electrons. The third-order valence-electron chi connectivity index (χ3n) is 1.52. The Labute approximate surface area is 92.1 Å². The van der Waals surface area contributed by atoms with Crippen LogP contribution in [-0.4, -0.2) is 41.9 Å². The molecule has 0 radical (unpaired) electrons. The van der Waals surface area contributed by atoms with Crippen molar-refractivity contribution in [1.29, 1.82) is 0 Å². The molecule has 1 rings (SSSR count). The zero-order chi connectivity index (χ0) is 12.0. The average molecular weight is 228 g/mol. The van der Waals surface area contributed by atoms with Crippen LogP contribution in [0.3, 0.4) is 0 Å². The van der Waals surface area contributed by atoms with Gasteiger partial charge in [0, 0.05) is 0 Å². The molecule has 0 N–H and O–H groups in total. The fourth-order valence-electron chi connectivity index (χ4n) is 0.889. The number of carbonyl (C=O) groups is 1. The highest BCUT2D eigenvalue weighted by atomic mass is 16.7. The molecule has 0 aliphatic carbocycles. The van der Waals surface area contributed by atoms with Crippen LogP contribution >= 0.6 is 0 Å². The van der Waals surface area contributed by atoms with E-state index in [4.69, 9.17) is 14.3 Å². The van der Waals surface area contributed by atoms with Gasteiger partial charge in [-0.1, -0.05) is 0 Å². The van der Waals surface area contributed by atoms with Crippen molar-refractivity contribution in [2.24, 2.45) is 0 Å². The summed E-state index contributed by atoms with van der Waals surface area (Å²) in [6.45, 7) is 1.90. The lowest BCUT2D eigenvalue weighted by Gasteiger charge is -2.16. The quantitative estimate of drug-likeness (QED) is 0.689. The molecule has 1 heterocycles. The molecular formula is C8H12N4O4. The van der Waals surface area contributed by atoms with Crippen molar-refractivity contribution < 1.29 is 19.1 Å². The van der Waals surface area contributed by atoms with Crippen molar-refractivity contribution in [2.75, 3.05) is 25.9 Å². The molecule has 0 atom stereocenters. The summed E-state index contributed by atoms with van der Waals surface area (Å²) in [5.74, 6) is -0.00667. The summed E-state index contributed by atoms with van der Waals surface area (Å²) in [4.78, 5) is 27.5. The van der Waals surface area contributed by atoms with Crippen LogP contribution in [0.1, 0.15) is 6.92 Å². The topological polar surface area (TPSA) is 86.7 Å². The predicted molar refractivity (Wildman–Crippen MR) is 52.9 cm³/mol. The first-order valence-electron chi connectivity index (χ1n) is 4.47. The molecule has 1 aromatic rings. The normalized spacial score (nSPS) is 9.69. The molecule has 0 saturated carbocycles. The van der Waals surface area contributed by atoms with Gasteiger partial charge in [0.2, 0.25) is 0 Å². The predicted octanol–water partition coefficient (Wildman–Crippen LogP) is 0.405. The molecule has 8 nitrogen and oxygen atoms in total. The van der Waals surface area contributed by atoms with Crippen LogP contribution in [-0.2, 0) is 9.57 Å². The van der Waals surface area contributed by atoms with E-state index >= 15 is 0 Å². The second-order valence-electron chi connectivity index (χ2n) is 2.45. The number of hydrogen-bond donors (Lipinski definition) is 0. The lowest BCUT2D eigenvalue weighted by Crippen LogP contribution is -2.32. The second-order valence-corrected chi connectivity index (χ2v) is 2.45. The summed E-state index contributed by atoms with van der Waals surface area (Å²) in [6.07, 6.45) is 0.491. The van der Waals surface area contributed by atoms with Gasteiger partial charge >= 0.3 is 12.1 Å². The highest BCUT2D eigenvalue weighted by molar-refractivity contribution is 5.82. The Hall–Kier alpha value is -1.96. The minimum atomic E-state index is -0.710. The van der Waals surface area contributed by atoms with E-state index in [0.717, 1.165) is 5.06 Å². The second kappa shape index (κ2) is 5.81. The Bertz CT molecular complexity index is 360. The van der Waals surface area contributed by atoms with Crippen LogP contribution in [0.25, 0.3) is 0 Å². The van der Waals surface area contributed by atoms with Gasteiger partial charge in [-0.05, 0) is 6.92 Å². The van der Waals surface area contributed by atoms with E-state index in [0.29, 0.717) is 0 Å². The van der Waals surface area contributed by atoms with Gasteiger partial charge in [-0.25, -0.2) is 4.79 Å². The molecule has 0 spiro atoms. The smallest absolute Gasteiger partial charge is 0.441 e. The first kappa shape index (κ1) is 12.1. The van der Waals surface area contributed by atoms with E-state index in [1.165, 1.54) is 20.5 Å². The van der Waals surface area contributed by atoms with E-state index in [2.05, 4.69) is 15.0 Å². The third-order valence-corrected chi connectivity index (χ3v) is 1.52. The van der Waals surface area contributed by atoms with Gasteiger partial charge in [0.05, 0.1) is 20.8 Å². The van der Waals surface area contributed by atoms with Gasteiger partial charge in [-0.15, -0.1) is 5.06 Å². The summed E-state index contributed by atoms with van der Waals surface area (Å²) >= 11 is 0. The Morgan fingerprint density at radius 2 is 2.19 bits per heavy atom. The monoisotopic (exact) mass is 228 g/mol. The number of carbonyl (C=O) groups excluding carboxylic acids is 1. The first-order valence-corrected chi connectivity index (χ1v) is 4.47. The van der Waals surface area contributed by atoms with Gasteiger partial charge in [-0.2, -0.15) is 15.0 Å². The summed E-state index contributed by atoms with van der Waals surface area (Å²) < 4.78 is 9.54. The number of methoxy groups -OCH3 is 1. The summed E-state index contributed by atoms with van der Waals surface area (Å²) in [5.41, 5.74) is 0. The molecule has 8 heteroatoms. The third kappa shape index (κ3) is 2.76. The number of ether oxygens (including phenoxy) is 2. The van der Waals surface area contributed by atoms with Gasteiger partial charge in [0.1, 0.15) is 6.33 Å². The van der Waals surface area contributed by atoms with E-state index in [1.54, 1.807) is 6.92 Å². The molecule has 0 fully saturated rings. The molecule has 1 aromatic heterocycles. The highest BCUT2D eigenvalue weighted by Crippen LogP contribution is 2.10. The maximum atomic E-state index is 11.4. The summed E-state index contributed by atoms with van der Waals surface area (Å²) in [5, 5.41) is 0.799. The van der Waals surface area contributed by atoms with Crippen LogP contribution < -0.4 is 9.80 Å². The minimum absolute atomic E-state index is 0.00667. The Morgan fingerprint density at radius 1 is 1.44 bits per heavy atom. The molecule has 0 aliphatic heterocycles. The molecule has 0 unspecified atom stereocenters. The maximum Gasteiger partial charge on any atom is 0.441 e. The standard InChI is InChI=1S/C8H12N4O4/c1-4-16-8(13)12(15-3)6-9-5-10-7(11-6)14-2/h5H,4H2,1-3H3. The van der Waals surface area contributed by atoms with Crippen molar-refractivity contribution in [3.05, 3.63) is 6.33 Å². The van der Waals surface area contributed by atoms with Gasteiger partial charge < -0.3 is 9.47 Å². The lowest BCUT2D eigenvalue weighted by molar-refractivity contribution is 0.101. The molecular weight excluding hydrogens is 216 g/mol. The molecule has 0 aliphatic rings. The van der Waals surface area contributed by atoms with E-state index in [-0.39, 0.29) is 18.6 Å². The van der Waals surface area contributed by atoms with Crippen LogP contribution in [0.15, 0.2) is 6.33 Å². The van der Waals surface area contributed by atoms with Crippen molar-refractivity contribution in [1.82, 2.24) is 15.0 Å². The Kier molecular flexibility index (Phi) is 4.40. The molecule has 0 saturated heterocycles. The lowest BCUT2D eigenvalue weighted by atomic mass is 10.8. The van der Waals surface area contributed by atoms with E-state index in [9.17, 15) is 4.79 Å². The van der Waals surface area contributed by atoms with Gasteiger partial charge in [0.25, 0.3) is 5.95 Å². The van der Waals surface area contributed by atoms with Gasteiger partial charge in [0.15, 0.2) is 0 Å². The van der Waals surface area contributed by atoms with Crippen LogP contribution in [0.2, 0.25) is 0 Å². The van der Waals surface area contributed by atoms with E-state index < -0.39 is 6.09 Å². The molecule has 16 heavy (non-hydrogen) atoms. The van der Waals surface area contributed by atoms with Crippen molar-refractivity contribution in [3.63, 3.8) is 0 Å². The zero-order valence-corrected chi connectivity index (χ0v) is 9.21. The Morgan fingerprint density at radius 3 is 2.75 bits per heavy atom. The number of hydroxylamine groups is 1. The van der Waals surface area contributed by atoms with Crippen LogP contribution in [0, 0.1) is 0 Å². The fourth-order valence-corrected chi connectivity index (χ4v) is 0.889. The molecule has 1 amide bonds. The summed E-state index contributed by atoms with van der Waals surface area (Å²) in [6, 6.07) is 0.0800. The minimum Gasteiger partial charge on any atom is -0.467 e. The molecule has 0 aromatic carbocycles. The van der Waals surface area contributed by atoms with Crippen molar-refractivity contribution in [3.8, 4) is 6.01 Å².